The Bertz CT molecular complexity index is 147. The zero-order valence-electron chi connectivity index (χ0n) is 4.40. The molecule has 0 radical (unpaired) electrons. The van der Waals surface area contributed by atoms with Crippen molar-refractivity contribution in [2.45, 2.75) is 12.2 Å². The summed E-state index contributed by atoms with van der Waals surface area (Å²) in [5.74, 6) is 0. The smallest absolute Gasteiger partial charge is 0.269 e. The van der Waals surface area contributed by atoms with Crippen LogP contribution in [0, 0.1) is 0 Å². The fourth-order valence-electron chi connectivity index (χ4n) is 0.0942. The van der Waals surface area contributed by atoms with Gasteiger partial charge >= 0.3 is 0 Å². The summed E-state index contributed by atoms with van der Waals surface area (Å²) in [6, 6.07) is 0. The minimum Gasteiger partial charge on any atom is -0.395 e. The summed E-state index contributed by atoms with van der Waals surface area (Å²) in [6.45, 7) is 0.675. The summed E-state index contributed by atoms with van der Waals surface area (Å²) < 4.78 is 28.0. The fraction of sp³-hybridized carbons (Fsp3) is 1.00. The van der Waals surface area contributed by atoms with Gasteiger partial charge in [-0.05, 0) is 6.92 Å². The molecule has 0 aliphatic heterocycles. The molecule has 5 heteroatoms. The number of aliphatic hydroxyl groups is 1. The van der Waals surface area contributed by atoms with Crippen LogP contribution < -0.4 is 0 Å². The maximum Gasteiger partial charge on any atom is 0.269 e. The normalized spacial score (nSPS) is 15.9. The van der Waals surface area contributed by atoms with Crippen molar-refractivity contribution >= 4 is 10.1 Å². The molecule has 0 aromatic rings. The molecule has 0 heterocycles. The second-order valence-electron chi connectivity index (χ2n) is 1.51. The molecule has 0 spiro atoms. The topological polar surface area (TPSA) is 74.6 Å². The van der Waals surface area contributed by atoms with E-state index in [1.54, 1.807) is 0 Å². The van der Waals surface area contributed by atoms with E-state index in [2.05, 4.69) is 0 Å². The van der Waals surface area contributed by atoms with E-state index in [0.29, 0.717) is 0 Å². The van der Waals surface area contributed by atoms with Gasteiger partial charge in [0.1, 0.15) is 5.25 Å². The largest absolute Gasteiger partial charge is 0.395 e. The Morgan fingerprint density at radius 3 is 2.00 bits per heavy atom. The molecule has 4 nitrogen and oxygen atoms in total. The SMILES string of the molecule is C[C@@H](CO)S(=O)(=O)O. The molecule has 8 heavy (non-hydrogen) atoms. The van der Waals surface area contributed by atoms with Gasteiger partial charge in [-0.2, -0.15) is 8.42 Å². The molecule has 50 valence electrons. The third kappa shape index (κ3) is 2.25. The molecule has 0 rings (SSSR count). The Kier molecular flexibility index (Phi) is 2.39. The van der Waals surface area contributed by atoms with Crippen LogP contribution >= 0.6 is 0 Å². The predicted molar refractivity (Wildman–Crippen MR) is 28.1 cm³/mol. The van der Waals surface area contributed by atoms with Gasteiger partial charge in [-0.1, -0.05) is 0 Å². The van der Waals surface area contributed by atoms with E-state index in [-0.39, 0.29) is 0 Å². The minimum atomic E-state index is -4.00. The molecule has 1 atom stereocenters. The summed E-state index contributed by atoms with van der Waals surface area (Å²) >= 11 is 0. The molecule has 0 fully saturated rings. The lowest BCUT2D eigenvalue weighted by Crippen LogP contribution is -2.20. The highest BCUT2D eigenvalue weighted by atomic mass is 32.2. The molecular weight excluding hydrogens is 132 g/mol. The Hall–Kier alpha value is -0.130. The fourth-order valence-corrected chi connectivity index (χ4v) is 0.283. The highest BCUT2D eigenvalue weighted by molar-refractivity contribution is 7.86. The molecule has 0 aromatic heterocycles. The van der Waals surface area contributed by atoms with Crippen molar-refractivity contribution in [3.63, 3.8) is 0 Å². The first-order valence-corrected chi connectivity index (χ1v) is 3.56. The third-order valence-corrected chi connectivity index (χ3v) is 1.93. The highest BCUT2D eigenvalue weighted by Gasteiger charge is 2.14. The van der Waals surface area contributed by atoms with Gasteiger partial charge in [0.2, 0.25) is 0 Å². The number of aliphatic hydroxyl groups excluding tert-OH is 1. The Balaban J connectivity index is 4.04. The Morgan fingerprint density at radius 2 is 2.00 bits per heavy atom. The van der Waals surface area contributed by atoms with Crippen molar-refractivity contribution in [1.82, 2.24) is 0 Å². The molecular formula is C3H8O4S. The van der Waals surface area contributed by atoms with Crippen LogP contribution in [0.2, 0.25) is 0 Å². The number of rotatable bonds is 2. The third-order valence-electron chi connectivity index (χ3n) is 0.766. The van der Waals surface area contributed by atoms with Crippen LogP contribution in [0.25, 0.3) is 0 Å². The average Bonchev–Trinajstić information content (AvgIpc) is 1.62. The van der Waals surface area contributed by atoms with Gasteiger partial charge in [-0.3, -0.25) is 4.55 Å². The molecule has 0 aliphatic carbocycles. The van der Waals surface area contributed by atoms with Crippen molar-refractivity contribution in [2.75, 3.05) is 6.61 Å². The summed E-state index contributed by atoms with van der Waals surface area (Å²) in [4.78, 5) is 0. The van der Waals surface area contributed by atoms with Crippen LogP contribution in [0.5, 0.6) is 0 Å². The first-order chi connectivity index (χ1) is 3.48. The minimum absolute atomic E-state index is 0.543. The van der Waals surface area contributed by atoms with Gasteiger partial charge in [0.15, 0.2) is 0 Å². The Labute approximate surface area is 47.9 Å². The van der Waals surface area contributed by atoms with Crippen LogP contribution in [0.15, 0.2) is 0 Å². The van der Waals surface area contributed by atoms with Crippen molar-refractivity contribution < 1.29 is 18.1 Å². The van der Waals surface area contributed by atoms with Gasteiger partial charge in [-0.25, -0.2) is 0 Å². The number of hydrogen-bond donors (Lipinski definition) is 2. The zero-order valence-corrected chi connectivity index (χ0v) is 5.22. The summed E-state index contributed by atoms with van der Waals surface area (Å²) in [6.07, 6.45) is 0. The van der Waals surface area contributed by atoms with Crippen LogP contribution in [-0.2, 0) is 10.1 Å². The van der Waals surface area contributed by atoms with Crippen LogP contribution in [-0.4, -0.2) is 29.9 Å². The second kappa shape index (κ2) is 2.43. The average molecular weight is 140 g/mol. The van der Waals surface area contributed by atoms with E-state index in [4.69, 9.17) is 9.66 Å². The maximum atomic E-state index is 9.96. The monoisotopic (exact) mass is 140 g/mol. The summed E-state index contributed by atoms with van der Waals surface area (Å²) in [5, 5.41) is 7.06. The molecule has 0 saturated carbocycles. The Morgan fingerprint density at radius 1 is 1.62 bits per heavy atom. The molecule has 0 bridgehead atoms. The van der Waals surface area contributed by atoms with Gasteiger partial charge in [-0.15, -0.1) is 0 Å². The molecule has 0 aliphatic rings. The zero-order chi connectivity index (χ0) is 6.78. The van der Waals surface area contributed by atoms with Crippen molar-refractivity contribution in [1.29, 1.82) is 0 Å². The lowest BCUT2D eigenvalue weighted by Gasteiger charge is -1.99. The van der Waals surface area contributed by atoms with E-state index in [1.807, 2.05) is 0 Å². The van der Waals surface area contributed by atoms with E-state index in [0.717, 1.165) is 0 Å². The van der Waals surface area contributed by atoms with Crippen molar-refractivity contribution in [2.24, 2.45) is 0 Å². The van der Waals surface area contributed by atoms with Crippen LogP contribution in [0.4, 0.5) is 0 Å². The molecule has 0 amide bonds. The maximum absolute atomic E-state index is 9.96. The lowest BCUT2D eigenvalue weighted by atomic mass is 10.5. The standard InChI is InChI=1S/C3H8O4S/c1-3(2-4)8(5,6)7/h3-4H,2H2,1H3,(H,5,6,7)/t3-/m0/s1. The predicted octanol–water partition coefficient (Wildman–Crippen LogP) is -0.745. The summed E-state index contributed by atoms with van der Waals surface area (Å²) in [7, 11) is -4.00. The van der Waals surface area contributed by atoms with E-state index < -0.39 is 22.0 Å². The summed E-state index contributed by atoms with van der Waals surface area (Å²) in [5.41, 5.74) is 0. The van der Waals surface area contributed by atoms with Gasteiger partial charge in [0.05, 0.1) is 6.61 Å². The van der Waals surface area contributed by atoms with E-state index in [1.165, 1.54) is 6.92 Å². The van der Waals surface area contributed by atoms with Crippen LogP contribution in [0.1, 0.15) is 6.92 Å². The van der Waals surface area contributed by atoms with E-state index >= 15 is 0 Å². The van der Waals surface area contributed by atoms with Crippen LogP contribution in [0.3, 0.4) is 0 Å². The first-order valence-electron chi connectivity index (χ1n) is 2.05. The highest BCUT2D eigenvalue weighted by Crippen LogP contribution is 1.93. The molecule has 0 aromatic carbocycles. The number of hydrogen-bond acceptors (Lipinski definition) is 3. The second-order valence-corrected chi connectivity index (χ2v) is 3.34. The van der Waals surface area contributed by atoms with Gasteiger partial charge in [0.25, 0.3) is 10.1 Å². The molecule has 0 saturated heterocycles. The van der Waals surface area contributed by atoms with E-state index in [9.17, 15) is 8.42 Å². The van der Waals surface area contributed by atoms with Gasteiger partial charge in [0, 0.05) is 0 Å². The lowest BCUT2D eigenvalue weighted by molar-refractivity contribution is 0.289. The van der Waals surface area contributed by atoms with Crippen molar-refractivity contribution in [3.05, 3.63) is 0 Å². The molecule has 2 N–H and O–H groups in total. The first kappa shape index (κ1) is 7.87. The quantitative estimate of drug-likeness (QED) is 0.495. The molecule has 0 unspecified atom stereocenters. The van der Waals surface area contributed by atoms with Crippen molar-refractivity contribution in [3.8, 4) is 0 Å². The van der Waals surface area contributed by atoms with Gasteiger partial charge < -0.3 is 5.11 Å².